The average molecular weight is 345 g/mol. The van der Waals surface area contributed by atoms with Crippen LogP contribution in [0.5, 0.6) is 0 Å². The molecular formula is C16H22ClFN2O3. The first kappa shape index (κ1) is 18.0. The maximum absolute atomic E-state index is 14.1. The number of morpholine rings is 1. The second-order valence-electron chi connectivity index (χ2n) is 6.51. The number of carbonyl (C=O) groups excluding carboxylic acids is 1. The molecule has 0 saturated carbocycles. The van der Waals surface area contributed by atoms with Gasteiger partial charge in [0.2, 0.25) is 0 Å². The van der Waals surface area contributed by atoms with Gasteiger partial charge in [-0.25, -0.2) is 9.18 Å². The molecule has 1 heterocycles. The van der Waals surface area contributed by atoms with Crippen LogP contribution in [0.3, 0.4) is 0 Å². The van der Waals surface area contributed by atoms with Crippen molar-refractivity contribution in [2.24, 2.45) is 5.73 Å². The molecule has 23 heavy (non-hydrogen) atoms. The fraction of sp³-hybridized carbons (Fsp3) is 0.562. The van der Waals surface area contributed by atoms with Crippen LogP contribution in [0.4, 0.5) is 9.18 Å². The van der Waals surface area contributed by atoms with E-state index in [1.807, 2.05) is 0 Å². The smallest absolute Gasteiger partial charge is 0.410 e. The van der Waals surface area contributed by atoms with Gasteiger partial charge in [-0.15, -0.1) is 0 Å². The number of carbonyl (C=O) groups is 1. The number of ether oxygens (including phenoxy) is 2. The lowest BCUT2D eigenvalue weighted by atomic mass is 9.98. The molecule has 1 aromatic rings. The predicted molar refractivity (Wildman–Crippen MR) is 85.9 cm³/mol. The van der Waals surface area contributed by atoms with E-state index >= 15 is 0 Å². The summed E-state index contributed by atoms with van der Waals surface area (Å²) in [6.45, 7) is 6.34. The summed E-state index contributed by atoms with van der Waals surface area (Å²) in [5.41, 5.74) is 5.87. The third-order valence-corrected chi connectivity index (χ3v) is 3.76. The Balaban J connectivity index is 2.21. The third kappa shape index (κ3) is 4.56. The van der Waals surface area contributed by atoms with Crippen molar-refractivity contribution in [3.63, 3.8) is 0 Å². The van der Waals surface area contributed by atoms with E-state index in [9.17, 15) is 9.18 Å². The van der Waals surface area contributed by atoms with Crippen molar-refractivity contribution in [2.75, 3.05) is 19.8 Å². The maximum Gasteiger partial charge on any atom is 0.410 e. The standard InChI is InChI=1S/C16H22ClFN2O3/c1-16(2,3)23-15(21)20-6-7-22-9-13(20)14(19)11-5-4-10(17)8-12(11)18/h4-5,8,13-14H,6-7,9,19H2,1-3H3. The van der Waals surface area contributed by atoms with Crippen LogP contribution < -0.4 is 5.73 Å². The Labute approximate surface area is 140 Å². The van der Waals surface area contributed by atoms with E-state index in [0.717, 1.165) is 0 Å². The molecule has 1 aromatic carbocycles. The zero-order chi connectivity index (χ0) is 17.2. The van der Waals surface area contributed by atoms with Gasteiger partial charge in [-0.05, 0) is 32.9 Å². The van der Waals surface area contributed by atoms with Crippen LogP contribution in [0, 0.1) is 5.82 Å². The Hall–Kier alpha value is -1.37. The van der Waals surface area contributed by atoms with E-state index in [0.29, 0.717) is 23.7 Å². The highest BCUT2D eigenvalue weighted by Crippen LogP contribution is 2.26. The summed E-state index contributed by atoms with van der Waals surface area (Å²) in [6, 6.07) is 3.07. The van der Waals surface area contributed by atoms with Crippen LogP contribution in [0.15, 0.2) is 18.2 Å². The van der Waals surface area contributed by atoms with Gasteiger partial charge < -0.3 is 15.2 Å². The minimum atomic E-state index is -0.736. The molecule has 2 atom stereocenters. The van der Waals surface area contributed by atoms with Crippen molar-refractivity contribution < 1.29 is 18.7 Å². The Morgan fingerprint density at radius 1 is 1.52 bits per heavy atom. The van der Waals surface area contributed by atoms with Crippen molar-refractivity contribution in [2.45, 2.75) is 38.5 Å². The van der Waals surface area contributed by atoms with Gasteiger partial charge in [0.25, 0.3) is 0 Å². The Bertz CT molecular complexity index is 577. The molecule has 1 fully saturated rings. The molecule has 0 spiro atoms. The first-order chi connectivity index (χ1) is 10.7. The van der Waals surface area contributed by atoms with Crippen LogP contribution in [-0.4, -0.2) is 42.4 Å². The molecule has 0 bridgehead atoms. The summed E-state index contributed by atoms with van der Waals surface area (Å²) in [5, 5.41) is 0.294. The van der Waals surface area contributed by atoms with Gasteiger partial charge in [0.1, 0.15) is 11.4 Å². The number of nitrogens with zero attached hydrogens (tertiary/aromatic N) is 1. The van der Waals surface area contributed by atoms with Gasteiger partial charge in [0, 0.05) is 17.1 Å². The fourth-order valence-corrected chi connectivity index (χ4v) is 2.61. The first-order valence-electron chi connectivity index (χ1n) is 7.47. The summed E-state index contributed by atoms with van der Waals surface area (Å²) >= 11 is 5.77. The molecule has 1 aliphatic rings. The summed E-state index contributed by atoms with van der Waals surface area (Å²) in [7, 11) is 0. The minimum Gasteiger partial charge on any atom is -0.444 e. The van der Waals surface area contributed by atoms with E-state index < -0.39 is 29.6 Å². The highest BCUT2D eigenvalue weighted by molar-refractivity contribution is 6.30. The zero-order valence-corrected chi connectivity index (χ0v) is 14.3. The summed E-state index contributed by atoms with van der Waals surface area (Å²) in [6.07, 6.45) is -0.476. The molecule has 2 N–H and O–H groups in total. The number of rotatable bonds is 2. The lowest BCUT2D eigenvalue weighted by Gasteiger charge is -2.39. The maximum atomic E-state index is 14.1. The lowest BCUT2D eigenvalue weighted by Crippen LogP contribution is -2.54. The minimum absolute atomic E-state index is 0.225. The van der Waals surface area contributed by atoms with Gasteiger partial charge in [0.15, 0.2) is 0 Å². The van der Waals surface area contributed by atoms with Crippen molar-refractivity contribution in [3.05, 3.63) is 34.6 Å². The molecular weight excluding hydrogens is 323 g/mol. The largest absolute Gasteiger partial charge is 0.444 e. The molecule has 2 rings (SSSR count). The number of benzene rings is 1. The summed E-state index contributed by atoms with van der Waals surface area (Å²) in [4.78, 5) is 13.9. The quantitative estimate of drug-likeness (QED) is 0.895. The second kappa shape index (κ2) is 7.03. The van der Waals surface area contributed by atoms with Crippen LogP contribution in [0.1, 0.15) is 32.4 Å². The Kier molecular flexibility index (Phi) is 5.49. The van der Waals surface area contributed by atoms with Gasteiger partial charge in [-0.1, -0.05) is 17.7 Å². The van der Waals surface area contributed by atoms with Crippen LogP contribution in [0.25, 0.3) is 0 Å². The van der Waals surface area contributed by atoms with E-state index in [-0.39, 0.29) is 6.61 Å². The van der Waals surface area contributed by atoms with Crippen molar-refractivity contribution in [1.82, 2.24) is 4.90 Å². The normalized spacial score (nSPS) is 20.3. The van der Waals surface area contributed by atoms with E-state index in [2.05, 4.69) is 0 Å². The number of nitrogens with two attached hydrogens (primary N) is 1. The monoisotopic (exact) mass is 344 g/mol. The molecule has 2 unspecified atom stereocenters. The molecule has 1 aliphatic heterocycles. The molecule has 0 aromatic heterocycles. The van der Waals surface area contributed by atoms with E-state index in [1.54, 1.807) is 26.8 Å². The van der Waals surface area contributed by atoms with Crippen molar-refractivity contribution >= 4 is 17.7 Å². The highest BCUT2D eigenvalue weighted by atomic mass is 35.5. The van der Waals surface area contributed by atoms with Crippen molar-refractivity contribution in [3.8, 4) is 0 Å². The molecule has 0 radical (unpaired) electrons. The predicted octanol–water partition coefficient (Wildman–Crippen LogP) is 3.11. The number of hydrogen-bond acceptors (Lipinski definition) is 4. The molecule has 1 amide bonds. The summed E-state index contributed by atoms with van der Waals surface area (Å²) in [5.74, 6) is -0.500. The highest BCUT2D eigenvalue weighted by Gasteiger charge is 2.36. The average Bonchev–Trinajstić information content (AvgIpc) is 2.45. The second-order valence-corrected chi connectivity index (χ2v) is 6.94. The summed E-state index contributed by atoms with van der Waals surface area (Å²) < 4.78 is 24.9. The topological polar surface area (TPSA) is 64.8 Å². The lowest BCUT2D eigenvalue weighted by molar-refractivity contribution is -0.0384. The SMILES string of the molecule is CC(C)(C)OC(=O)N1CCOCC1C(N)c1ccc(Cl)cc1F. The van der Waals surface area contributed by atoms with E-state index in [4.69, 9.17) is 26.8 Å². The third-order valence-electron chi connectivity index (χ3n) is 3.53. The van der Waals surface area contributed by atoms with Gasteiger partial charge in [-0.3, -0.25) is 4.90 Å². The van der Waals surface area contributed by atoms with Gasteiger partial charge >= 0.3 is 6.09 Å². The Morgan fingerprint density at radius 3 is 2.83 bits per heavy atom. The molecule has 1 saturated heterocycles. The molecule has 7 heteroatoms. The van der Waals surface area contributed by atoms with Crippen LogP contribution in [0.2, 0.25) is 5.02 Å². The zero-order valence-electron chi connectivity index (χ0n) is 13.5. The fourth-order valence-electron chi connectivity index (χ4n) is 2.45. The Morgan fingerprint density at radius 2 is 2.22 bits per heavy atom. The van der Waals surface area contributed by atoms with Crippen LogP contribution in [-0.2, 0) is 9.47 Å². The molecule has 0 aliphatic carbocycles. The van der Waals surface area contributed by atoms with Crippen LogP contribution >= 0.6 is 11.6 Å². The number of amides is 1. The number of hydrogen-bond donors (Lipinski definition) is 1. The first-order valence-corrected chi connectivity index (χ1v) is 7.85. The molecule has 128 valence electrons. The van der Waals surface area contributed by atoms with E-state index in [1.165, 1.54) is 17.0 Å². The van der Waals surface area contributed by atoms with Gasteiger partial charge in [-0.2, -0.15) is 0 Å². The number of halogens is 2. The van der Waals surface area contributed by atoms with Crippen molar-refractivity contribution in [1.29, 1.82) is 0 Å². The molecule has 5 nitrogen and oxygen atoms in total. The van der Waals surface area contributed by atoms with Gasteiger partial charge in [0.05, 0.1) is 25.3 Å².